The van der Waals surface area contributed by atoms with Crippen LogP contribution in [0.15, 0.2) is 0 Å². The van der Waals surface area contributed by atoms with Crippen molar-refractivity contribution >= 4 is 5.97 Å². The summed E-state index contributed by atoms with van der Waals surface area (Å²) in [6.45, 7) is 5.28. The fraction of sp³-hybridized carbons (Fsp3) is 0.875. The Hall–Kier alpha value is -0.610. The second-order valence-electron chi connectivity index (χ2n) is 2.91. The van der Waals surface area contributed by atoms with Crippen molar-refractivity contribution in [3.8, 4) is 0 Å². The van der Waals surface area contributed by atoms with Crippen LogP contribution in [-0.4, -0.2) is 37.9 Å². The van der Waals surface area contributed by atoms with Gasteiger partial charge < -0.3 is 9.47 Å². The highest BCUT2D eigenvalue weighted by Crippen LogP contribution is 2.00. The van der Waals surface area contributed by atoms with Crippen LogP contribution in [0.2, 0.25) is 0 Å². The summed E-state index contributed by atoms with van der Waals surface area (Å²) in [6.07, 6.45) is 0. The molecule has 0 aromatic heterocycles. The first-order chi connectivity index (χ1) is 5.74. The zero-order valence-electron chi connectivity index (χ0n) is 7.50. The largest absolute Gasteiger partial charge is 0.465 e. The van der Waals surface area contributed by atoms with Crippen molar-refractivity contribution in [2.75, 3.05) is 19.8 Å². The Morgan fingerprint density at radius 1 is 1.67 bits per heavy atom. The zero-order valence-corrected chi connectivity index (χ0v) is 7.50. The molecule has 1 fully saturated rings. The highest BCUT2D eigenvalue weighted by Gasteiger charge is 2.25. The summed E-state index contributed by atoms with van der Waals surface area (Å²) < 4.78 is 10.0. The Morgan fingerprint density at radius 2 is 2.42 bits per heavy atom. The quantitative estimate of drug-likeness (QED) is 0.594. The van der Waals surface area contributed by atoms with Gasteiger partial charge in [0.25, 0.3) is 0 Å². The number of hydrogen-bond donors (Lipinski definition) is 1. The van der Waals surface area contributed by atoms with Gasteiger partial charge in [0, 0.05) is 6.04 Å². The first-order valence-electron chi connectivity index (χ1n) is 4.24. The maximum atomic E-state index is 11.2. The van der Waals surface area contributed by atoms with E-state index in [9.17, 15) is 4.79 Å². The lowest BCUT2D eigenvalue weighted by molar-refractivity contribution is -0.149. The van der Waals surface area contributed by atoms with E-state index < -0.39 is 0 Å². The molecule has 0 saturated carbocycles. The molecule has 2 atom stereocenters. The number of carbonyl (C=O) groups excluding carboxylic acids is 1. The van der Waals surface area contributed by atoms with Gasteiger partial charge in [0.05, 0.1) is 19.8 Å². The molecule has 1 saturated heterocycles. The van der Waals surface area contributed by atoms with Gasteiger partial charge in [-0.05, 0) is 13.8 Å². The SMILES string of the molecule is CCOC(=O)[C@@H]1COC[C@H](C)N1. The third-order valence-corrected chi connectivity index (χ3v) is 1.71. The van der Waals surface area contributed by atoms with E-state index in [2.05, 4.69) is 5.32 Å². The van der Waals surface area contributed by atoms with E-state index in [0.29, 0.717) is 19.8 Å². The molecule has 1 N–H and O–H groups in total. The predicted octanol–water partition coefficient (Wildman–Crippen LogP) is -0.0736. The summed E-state index contributed by atoms with van der Waals surface area (Å²) in [5.41, 5.74) is 0. The maximum Gasteiger partial charge on any atom is 0.325 e. The lowest BCUT2D eigenvalue weighted by Crippen LogP contribution is -2.51. The molecular weight excluding hydrogens is 158 g/mol. The first kappa shape index (κ1) is 9.48. The molecule has 0 aliphatic carbocycles. The second-order valence-corrected chi connectivity index (χ2v) is 2.91. The van der Waals surface area contributed by atoms with Gasteiger partial charge in [-0.15, -0.1) is 0 Å². The van der Waals surface area contributed by atoms with Gasteiger partial charge in [0.1, 0.15) is 6.04 Å². The first-order valence-corrected chi connectivity index (χ1v) is 4.24. The number of rotatable bonds is 2. The molecule has 0 unspecified atom stereocenters. The van der Waals surface area contributed by atoms with Gasteiger partial charge in [0.2, 0.25) is 0 Å². The summed E-state index contributed by atoms with van der Waals surface area (Å²) in [4.78, 5) is 11.2. The number of ether oxygens (including phenoxy) is 2. The lowest BCUT2D eigenvalue weighted by Gasteiger charge is -2.27. The van der Waals surface area contributed by atoms with Crippen LogP contribution in [0.5, 0.6) is 0 Å². The molecule has 0 aromatic carbocycles. The number of carbonyl (C=O) groups is 1. The number of nitrogens with one attached hydrogen (secondary N) is 1. The molecule has 4 nitrogen and oxygen atoms in total. The average Bonchev–Trinajstić information content (AvgIpc) is 2.05. The Morgan fingerprint density at radius 3 is 3.00 bits per heavy atom. The van der Waals surface area contributed by atoms with E-state index in [-0.39, 0.29) is 18.1 Å². The van der Waals surface area contributed by atoms with Crippen LogP contribution in [0.4, 0.5) is 0 Å². The predicted molar refractivity (Wildman–Crippen MR) is 43.8 cm³/mol. The second kappa shape index (κ2) is 4.42. The molecule has 0 amide bonds. The number of hydrogen-bond acceptors (Lipinski definition) is 4. The normalized spacial score (nSPS) is 29.8. The van der Waals surface area contributed by atoms with Crippen LogP contribution in [0.25, 0.3) is 0 Å². The monoisotopic (exact) mass is 173 g/mol. The standard InChI is InChI=1S/C8H15NO3/c1-3-12-8(10)7-5-11-4-6(2)9-7/h6-7,9H,3-5H2,1-2H3/t6-,7-/m0/s1. The van der Waals surface area contributed by atoms with Crippen molar-refractivity contribution in [3.05, 3.63) is 0 Å². The summed E-state index contributed by atoms with van der Waals surface area (Å²) >= 11 is 0. The fourth-order valence-corrected chi connectivity index (χ4v) is 1.18. The van der Waals surface area contributed by atoms with Crippen molar-refractivity contribution in [2.24, 2.45) is 0 Å². The van der Waals surface area contributed by atoms with E-state index in [4.69, 9.17) is 9.47 Å². The van der Waals surface area contributed by atoms with E-state index in [1.54, 1.807) is 6.92 Å². The van der Waals surface area contributed by atoms with Crippen LogP contribution < -0.4 is 5.32 Å². The van der Waals surface area contributed by atoms with Gasteiger partial charge >= 0.3 is 5.97 Å². The maximum absolute atomic E-state index is 11.2. The third kappa shape index (κ3) is 2.46. The molecule has 0 radical (unpaired) electrons. The number of morpholine rings is 1. The van der Waals surface area contributed by atoms with E-state index in [1.807, 2.05) is 6.92 Å². The average molecular weight is 173 g/mol. The van der Waals surface area contributed by atoms with E-state index in [0.717, 1.165) is 0 Å². The molecular formula is C8H15NO3. The lowest BCUT2D eigenvalue weighted by atomic mass is 10.2. The molecule has 70 valence electrons. The summed E-state index contributed by atoms with van der Waals surface area (Å²) in [6, 6.07) is -0.0538. The Balaban J connectivity index is 2.35. The molecule has 1 rings (SSSR count). The van der Waals surface area contributed by atoms with Crippen LogP contribution in [0, 0.1) is 0 Å². The third-order valence-electron chi connectivity index (χ3n) is 1.71. The Labute approximate surface area is 72.2 Å². The summed E-state index contributed by atoms with van der Waals surface area (Å²) in [7, 11) is 0. The van der Waals surface area contributed by atoms with Crippen LogP contribution >= 0.6 is 0 Å². The molecule has 0 bridgehead atoms. The minimum absolute atomic E-state index is 0.218. The smallest absolute Gasteiger partial charge is 0.325 e. The molecule has 1 aliphatic heterocycles. The summed E-state index contributed by atoms with van der Waals surface area (Å²) in [5.74, 6) is -0.218. The van der Waals surface area contributed by atoms with Gasteiger partial charge in [-0.1, -0.05) is 0 Å². The van der Waals surface area contributed by atoms with Crippen molar-refractivity contribution in [1.82, 2.24) is 5.32 Å². The van der Waals surface area contributed by atoms with Crippen molar-refractivity contribution in [1.29, 1.82) is 0 Å². The minimum atomic E-state index is -0.284. The van der Waals surface area contributed by atoms with E-state index in [1.165, 1.54) is 0 Å². The van der Waals surface area contributed by atoms with Crippen LogP contribution in [0.1, 0.15) is 13.8 Å². The minimum Gasteiger partial charge on any atom is -0.465 e. The molecule has 12 heavy (non-hydrogen) atoms. The topological polar surface area (TPSA) is 47.6 Å². The van der Waals surface area contributed by atoms with Gasteiger partial charge in [-0.2, -0.15) is 0 Å². The van der Waals surface area contributed by atoms with Gasteiger partial charge in [-0.25, -0.2) is 0 Å². The molecule has 4 heteroatoms. The van der Waals surface area contributed by atoms with Crippen molar-refractivity contribution < 1.29 is 14.3 Å². The molecule has 0 aromatic rings. The van der Waals surface area contributed by atoms with Crippen molar-refractivity contribution in [3.63, 3.8) is 0 Å². The van der Waals surface area contributed by atoms with Crippen LogP contribution in [-0.2, 0) is 14.3 Å². The molecule has 1 aliphatic rings. The Kier molecular flexibility index (Phi) is 3.49. The Bertz CT molecular complexity index is 160. The van der Waals surface area contributed by atoms with Gasteiger partial charge in [-0.3, -0.25) is 10.1 Å². The highest BCUT2D eigenvalue weighted by molar-refractivity contribution is 5.76. The molecule has 0 spiro atoms. The molecule has 1 heterocycles. The van der Waals surface area contributed by atoms with Crippen molar-refractivity contribution in [2.45, 2.75) is 25.9 Å². The van der Waals surface area contributed by atoms with Crippen LogP contribution in [0.3, 0.4) is 0 Å². The van der Waals surface area contributed by atoms with Gasteiger partial charge in [0.15, 0.2) is 0 Å². The summed E-state index contributed by atoms with van der Waals surface area (Å²) in [5, 5.41) is 3.10. The fourth-order valence-electron chi connectivity index (χ4n) is 1.18. The number of esters is 1. The van der Waals surface area contributed by atoms with E-state index >= 15 is 0 Å². The zero-order chi connectivity index (χ0) is 8.97. The highest BCUT2D eigenvalue weighted by atomic mass is 16.5.